The zero-order valence-electron chi connectivity index (χ0n) is 13.5. The van der Waals surface area contributed by atoms with Gasteiger partial charge in [0.15, 0.2) is 0 Å². The fraction of sp³-hybridized carbons (Fsp3) is 0.533. The van der Waals surface area contributed by atoms with E-state index in [0.29, 0.717) is 24.2 Å². The number of anilines is 1. The maximum atomic E-state index is 12.0. The van der Waals surface area contributed by atoms with Crippen molar-refractivity contribution in [2.75, 3.05) is 24.6 Å². The van der Waals surface area contributed by atoms with Gasteiger partial charge in [-0.15, -0.1) is 0 Å². The lowest BCUT2D eigenvalue weighted by Crippen LogP contribution is -2.45. The number of rotatable bonds is 3. The molecule has 0 saturated carbocycles. The smallest absolute Gasteiger partial charge is 0.282 e. The summed E-state index contributed by atoms with van der Waals surface area (Å²) in [5.74, 6) is 0. The Labute approximate surface area is 143 Å². The topological polar surface area (TPSA) is 65.2 Å². The molecule has 0 amide bonds. The molecule has 0 N–H and O–H groups in total. The van der Waals surface area contributed by atoms with Crippen LogP contribution in [0.25, 0.3) is 0 Å². The molecule has 7 nitrogen and oxygen atoms in total. The van der Waals surface area contributed by atoms with Crippen LogP contribution in [0.2, 0.25) is 0 Å². The van der Waals surface area contributed by atoms with Crippen LogP contribution in [-0.4, -0.2) is 45.4 Å². The molecule has 1 aliphatic heterocycles. The number of morpholine rings is 1. The van der Waals surface area contributed by atoms with E-state index in [2.05, 4.69) is 37.1 Å². The normalized spacial score (nSPS) is 18.4. The number of hydrogen-bond donors (Lipinski definition) is 0. The van der Waals surface area contributed by atoms with Crippen molar-refractivity contribution in [3.05, 3.63) is 38.5 Å². The summed E-state index contributed by atoms with van der Waals surface area (Å²) in [4.78, 5) is 14.2. The molecule has 0 spiro atoms. The van der Waals surface area contributed by atoms with E-state index in [9.17, 15) is 4.79 Å². The first-order valence-electron chi connectivity index (χ1n) is 7.55. The molecule has 0 aliphatic carbocycles. The summed E-state index contributed by atoms with van der Waals surface area (Å²) < 4.78 is 9.71. The molecule has 1 fully saturated rings. The van der Waals surface area contributed by atoms with Gasteiger partial charge >= 0.3 is 0 Å². The number of hydrogen-bond acceptors (Lipinski definition) is 5. The summed E-state index contributed by atoms with van der Waals surface area (Å²) in [6.07, 6.45) is 1.75. The van der Waals surface area contributed by atoms with Crippen molar-refractivity contribution >= 4 is 21.6 Å². The van der Waals surface area contributed by atoms with Gasteiger partial charge in [0, 0.05) is 25.8 Å². The lowest BCUT2D eigenvalue weighted by Gasteiger charge is -2.34. The second kappa shape index (κ2) is 6.45. The fourth-order valence-corrected chi connectivity index (χ4v) is 3.43. The molecule has 23 heavy (non-hydrogen) atoms. The molecule has 3 heterocycles. The van der Waals surface area contributed by atoms with E-state index in [1.165, 1.54) is 4.68 Å². The highest BCUT2D eigenvalue weighted by Crippen LogP contribution is 2.24. The highest BCUT2D eigenvalue weighted by Gasteiger charge is 2.24. The third-order valence-corrected chi connectivity index (χ3v) is 4.76. The van der Waals surface area contributed by atoms with Crippen molar-refractivity contribution in [2.45, 2.75) is 26.5 Å². The second-order valence-corrected chi connectivity index (χ2v) is 6.61. The summed E-state index contributed by atoms with van der Waals surface area (Å²) >= 11 is 3.39. The van der Waals surface area contributed by atoms with Crippen molar-refractivity contribution < 1.29 is 4.74 Å². The Hall–Kier alpha value is -1.67. The lowest BCUT2D eigenvalue weighted by molar-refractivity contribution is 0.0269. The average Bonchev–Trinajstić information content (AvgIpc) is 2.83. The molecule has 2 aromatic heterocycles. The SMILES string of the molecule is Cc1cc(C)n(CC2CN(c3cnn(C)c(=O)c3Br)CCO2)n1. The Morgan fingerprint density at radius 2 is 2.22 bits per heavy atom. The summed E-state index contributed by atoms with van der Waals surface area (Å²) in [6, 6.07) is 2.06. The number of ether oxygens (including phenoxy) is 1. The van der Waals surface area contributed by atoms with Crippen LogP contribution in [0, 0.1) is 13.8 Å². The van der Waals surface area contributed by atoms with Crippen LogP contribution in [-0.2, 0) is 18.3 Å². The number of nitrogens with zero attached hydrogens (tertiary/aromatic N) is 5. The van der Waals surface area contributed by atoms with Crippen molar-refractivity contribution in [3.8, 4) is 0 Å². The van der Waals surface area contributed by atoms with E-state index < -0.39 is 0 Å². The largest absolute Gasteiger partial charge is 0.373 e. The molecule has 1 aliphatic rings. The van der Waals surface area contributed by atoms with E-state index in [4.69, 9.17) is 4.74 Å². The highest BCUT2D eigenvalue weighted by molar-refractivity contribution is 9.10. The Morgan fingerprint density at radius 1 is 1.43 bits per heavy atom. The second-order valence-electron chi connectivity index (χ2n) is 5.82. The van der Waals surface area contributed by atoms with Gasteiger partial charge in [0.2, 0.25) is 0 Å². The monoisotopic (exact) mass is 381 g/mol. The van der Waals surface area contributed by atoms with Crippen molar-refractivity contribution in [3.63, 3.8) is 0 Å². The zero-order chi connectivity index (χ0) is 16.6. The number of halogens is 1. The molecule has 8 heteroatoms. The molecule has 0 bridgehead atoms. The van der Waals surface area contributed by atoms with Crippen molar-refractivity contribution in [1.29, 1.82) is 0 Å². The minimum atomic E-state index is -0.135. The highest BCUT2D eigenvalue weighted by atomic mass is 79.9. The Balaban J connectivity index is 1.77. The fourth-order valence-electron chi connectivity index (χ4n) is 2.82. The molecule has 0 radical (unpaired) electrons. The maximum Gasteiger partial charge on any atom is 0.282 e. The van der Waals surface area contributed by atoms with E-state index in [1.54, 1.807) is 13.2 Å². The van der Waals surface area contributed by atoms with E-state index in [-0.39, 0.29) is 11.7 Å². The first-order chi connectivity index (χ1) is 11.0. The van der Waals surface area contributed by atoms with Gasteiger partial charge in [0.25, 0.3) is 5.56 Å². The molecular formula is C15H20BrN5O2. The summed E-state index contributed by atoms with van der Waals surface area (Å²) in [5, 5.41) is 8.60. The standard InChI is InChI=1S/C15H20BrN5O2/c1-10-6-11(2)21(18-10)9-12-8-20(4-5-23-12)13-7-17-19(3)15(22)14(13)16/h6-7,12H,4-5,8-9H2,1-3H3. The number of aryl methyl sites for hydroxylation is 3. The van der Waals surface area contributed by atoms with Crippen LogP contribution in [0.3, 0.4) is 0 Å². The van der Waals surface area contributed by atoms with Crippen LogP contribution in [0.15, 0.2) is 21.5 Å². The van der Waals surface area contributed by atoms with Gasteiger partial charge in [-0.1, -0.05) is 0 Å². The van der Waals surface area contributed by atoms with Gasteiger partial charge in [-0.2, -0.15) is 10.2 Å². The molecule has 1 saturated heterocycles. The van der Waals surface area contributed by atoms with E-state index in [1.807, 2.05) is 18.5 Å². The predicted octanol–water partition coefficient (Wildman–Crippen LogP) is 1.26. The maximum absolute atomic E-state index is 12.0. The third kappa shape index (κ3) is 3.32. The van der Waals surface area contributed by atoms with Crippen LogP contribution < -0.4 is 10.5 Å². The van der Waals surface area contributed by atoms with Gasteiger partial charge < -0.3 is 9.64 Å². The minimum Gasteiger partial charge on any atom is -0.373 e. The third-order valence-electron chi connectivity index (χ3n) is 4.02. The van der Waals surface area contributed by atoms with Gasteiger partial charge in [0.05, 0.1) is 36.8 Å². The quantitative estimate of drug-likeness (QED) is 0.800. The van der Waals surface area contributed by atoms with Crippen LogP contribution in [0.4, 0.5) is 5.69 Å². The zero-order valence-corrected chi connectivity index (χ0v) is 15.1. The summed E-state index contributed by atoms with van der Waals surface area (Å²) in [5.41, 5.74) is 2.81. The first-order valence-corrected chi connectivity index (χ1v) is 8.34. The number of aromatic nitrogens is 4. The van der Waals surface area contributed by atoms with Gasteiger partial charge in [-0.05, 0) is 35.8 Å². The lowest BCUT2D eigenvalue weighted by atomic mass is 10.2. The molecule has 3 rings (SSSR count). The van der Waals surface area contributed by atoms with Crippen molar-refractivity contribution in [2.24, 2.45) is 7.05 Å². The minimum absolute atomic E-state index is 0.0257. The Bertz CT molecular complexity index is 770. The van der Waals surface area contributed by atoms with Gasteiger partial charge in [-0.25, -0.2) is 4.68 Å². The van der Waals surface area contributed by atoms with Gasteiger partial charge in [0.1, 0.15) is 4.47 Å². The summed E-state index contributed by atoms with van der Waals surface area (Å²) in [6.45, 7) is 6.78. The Kier molecular flexibility index (Phi) is 4.54. The molecule has 1 atom stereocenters. The summed E-state index contributed by atoms with van der Waals surface area (Å²) in [7, 11) is 1.64. The van der Waals surface area contributed by atoms with Crippen LogP contribution in [0.1, 0.15) is 11.4 Å². The molecule has 1 unspecified atom stereocenters. The first kappa shape index (κ1) is 16.2. The average molecular weight is 382 g/mol. The van der Waals surface area contributed by atoms with E-state index in [0.717, 1.165) is 23.6 Å². The molecule has 124 valence electrons. The van der Waals surface area contributed by atoms with Crippen LogP contribution >= 0.6 is 15.9 Å². The van der Waals surface area contributed by atoms with Gasteiger partial charge in [-0.3, -0.25) is 9.48 Å². The molecule has 2 aromatic rings. The van der Waals surface area contributed by atoms with Crippen LogP contribution in [0.5, 0.6) is 0 Å². The predicted molar refractivity (Wildman–Crippen MR) is 90.8 cm³/mol. The van der Waals surface area contributed by atoms with Crippen molar-refractivity contribution in [1.82, 2.24) is 19.6 Å². The Morgan fingerprint density at radius 3 is 2.91 bits per heavy atom. The molecular weight excluding hydrogens is 362 g/mol. The van der Waals surface area contributed by atoms with E-state index >= 15 is 0 Å². The molecule has 0 aromatic carbocycles.